The Labute approximate surface area is 94.5 Å². The van der Waals surface area contributed by atoms with E-state index < -0.39 is 10.0 Å². The number of sulfonamides is 1. The average Bonchev–Trinajstić information content (AvgIpc) is 2.14. The Morgan fingerprint density at radius 3 is 2.67 bits per heavy atom. The van der Waals surface area contributed by atoms with Crippen LogP contribution in [0.25, 0.3) is 0 Å². The van der Waals surface area contributed by atoms with E-state index in [1.54, 1.807) is 12.1 Å². The lowest BCUT2D eigenvalue weighted by molar-refractivity contribution is 0.598. The molecule has 3 N–H and O–H groups in total. The third kappa shape index (κ3) is 3.37. The fourth-order valence-corrected chi connectivity index (χ4v) is 2.11. The summed E-state index contributed by atoms with van der Waals surface area (Å²) in [6.07, 6.45) is 0.896. The molecule has 0 amide bonds. The molecule has 0 unspecified atom stereocenters. The van der Waals surface area contributed by atoms with Gasteiger partial charge >= 0.3 is 0 Å². The maximum atomic E-state index is 11.2. The topological polar surface area (TPSA) is 72.2 Å². The van der Waals surface area contributed by atoms with Gasteiger partial charge in [0.2, 0.25) is 10.0 Å². The molecule has 1 rings (SSSR count). The Morgan fingerprint density at radius 1 is 1.47 bits per heavy atom. The first kappa shape index (κ1) is 12.3. The second-order valence-corrected chi connectivity index (χ2v) is 5.08. The van der Waals surface area contributed by atoms with E-state index in [2.05, 4.69) is 5.32 Å². The molecule has 0 radical (unpaired) electrons. The molecule has 1 aromatic rings. The summed E-state index contributed by atoms with van der Waals surface area (Å²) in [4.78, 5) is 0.0310. The van der Waals surface area contributed by atoms with Crippen LogP contribution in [0.4, 0.5) is 5.69 Å². The molecule has 15 heavy (non-hydrogen) atoms. The lowest BCUT2D eigenvalue weighted by atomic mass is 10.3. The summed E-state index contributed by atoms with van der Waals surface area (Å²) in [6.45, 7) is 2.67. The van der Waals surface area contributed by atoms with Crippen molar-refractivity contribution >= 4 is 27.3 Å². The lowest BCUT2D eigenvalue weighted by Crippen LogP contribution is -2.15. The first-order valence-corrected chi connectivity index (χ1v) is 6.44. The maximum absolute atomic E-state index is 11.2. The van der Waals surface area contributed by atoms with Crippen molar-refractivity contribution in [2.75, 3.05) is 11.9 Å². The summed E-state index contributed by atoms with van der Waals surface area (Å²) in [7, 11) is -3.73. The number of nitrogens with one attached hydrogen (secondary N) is 1. The van der Waals surface area contributed by atoms with Gasteiger partial charge in [0.15, 0.2) is 0 Å². The predicted octanol–water partition coefficient (Wildman–Crippen LogP) is 1.81. The number of anilines is 1. The molecule has 0 aliphatic rings. The van der Waals surface area contributed by atoms with Crippen LogP contribution in [-0.4, -0.2) is 15.0 Å². The Morgan fingerprint density at radius 2 is 2.13 bits per heavy atom. The highest BCUT2D eigenvalue weighted by atomic mass is 35.5. The normalized spacial score (nSPS) is 11.4. The van der Waals surface area contributed by atoms with Gasteiger partial charge in [-0.1, -0.05) is 18.5 Å². The second-order valence-electron chi connectivity index (χ2n) is 3.11. The summed E-state index contributed by atoms with van der Waals surface area (Å²) >= 11 is 5.71. The summed E-state index contributed by atoms with van der Waals surface area (Å²) in [5, 5.41) is 8.40. The maximum Gasteiger partial charge on any atom is 0.240 e. The van der Waals surface area contributed by atoms with Gasteiger partial charge in [0.25, 0.3) is 0 Å². The third-order valence-corrected chi connectivity index (χ3v) is 3.00. The van der Waals surface area contributed by atoms with Gasteiger partial charge in [-0.05, 0) is 24.6 Å². The molecule has 0 aliphatic heterocycles. The number of primary sulfonamides is 1. The van der Waals surface area contributed by atoms with E-state index in [1.165, 1.54) is 6.07 Å². The van der Waals surface area contributed by atoms with Crippen molar-refractivity contribution < 1.29 is 8.42 Å². The number of rotatable bonds is 4. The molecule has 0 aliphatic carbocycles. The highest BCUT2D eigenvalue weighted by Crippen LogP contribution is 2.23. The highest BCUT2D eigenvalue weighted by Gasteiger charge is 2.13. The van der Waals surface area contributed by atoms with Gasteiger partial charge in [-0.2, -0.15) is 0 Å². The summed E-state index contributed by atoms with van der Waals surface area (Å²) in [6, 6.07) is 4.57. The number of nitrogens with two attached hydrogens (primary N) is 1. The number of hydrogen-bond donors (Lipinski definition) is 2. The minimum Gasteiger partial charge on any atom is -0.384 e. The van der Waals surface area contributed by atoms with Gasteiger partial charge in [0, 0.05) is 11.6 Å². The third-order valence-electron chi connectivity index (χ3n) is 1.82. The van der Waals surface area contributed by atoms with Crippen LogP contribution in [-0.2, 0) is 10.0 Å². The van der Waals surface area contributed by atoms with Crippen molar-refractivity contribution in [3.8, 4) is 0 Å². The van der Waals surface area contributed by atoms with Crippen molar-refractivity contribution in [3.63, 3.8) is 0 Å². The molecule has 0 aromatic heterocycles. The zero-order valence-electron chi connectivity index (χ0n) is 8.33. The Kier molecular flexibility index (Phi) is 3.96. The van der Waals surface area contributed by atoms with Crippen LogP contribution in [0.1, 0.15) is 13.3 Å². The van der Waals surface area contributed by atoms with E-state index in [-0.39, 0.29) is 4.90 Å². The van der Waals surface area contributed by atoms with Crippen molar-refractivity contribution in [1.29, 1.82) is 0 Å². The first-order chi connectivity index (χ1) is 6.95. The zero-order chi connectivity index (χ0) is 11.5. The van der Waals surface area contributed by atoms with Crippen LogP contribution in [0, 0.1) is 0 Å². The van der Waals surface area contributed by atoms with Crippen LogP contribution >= 0.6 is 11.6 Å². The highest BCUT2D eigenvalue weighted by molar-refractivity contribution is 7.89. The van der Waals surface area contributed by atoms with Gasteiger partial charge in [0.05, 0.1) is 5.69 Å². The van der Waals surface area contributed by atoms with Crippen molar-refractivity contribution in [2.45, 2.75) is 18.2 Å². The number of halogens is 1. The van der Waals surface area contributed by atoms with E-state index >= 15 is 0 Å². The fourth-order valence-electron chi connectivity index (χ4n) is 1.14. The molecule has 1 aromatic carbocycles. The summed E-state index contributed by atoms with van der Waals surface area (Å²) in [5.41, 5.74) is 0.490. The van der Waals surface area contributed by atoms with Crippen LogP contribution in [0.2, 0.25) is 5.02 Å². The minimum absolute atomic E-state index is 0.0310. The Bertz CT molecular complexity index is 445. The van der Waals surface area contributed by atoms with Crippen molar-refractivity contribution in [1.82, 2.24) is 0 Å². The molecular weight excluding hydrogens is 236 g/mol. The number of hydrogen-bond acceptors (Lipinski definition) is 3. The average molecular weight is 249 g/mol. The van der Waals surface area contributed by atoms with E-state index in [9.17, 15) is 8.42 Å². The molecule has 0 heterocycles. The predicted molar refractivity (Wildman–Crippen MR) is 61.6 cm³/mol. The summed E-state index contributed by atoms with van der Waals surface area (Å²) < 4.78 is 22.5. The van der Waals surface area contributed by atoms with Crippen LogP contribution in [0.15, 0.2) is 23.1 Å². The Balaban J connectivity index is 3.15. The SMILES string of the molecule is CCCNc1ccc(Cl)cc1S(N)(=O)=O. The fraction of sp³-hybridized carbons (Fsp3) is 0.333. The van der Waals surface area contributed by atoms with E-state index in [4.69, 9.17) is 16.7 Å². The minimum atomic E-state index is -3.73. The molecule has 84 valence electrons. The molecule has 0 saturated carbocycles. The summed E-state index contributed by atoms with van der Waals surface area (Å²) in [5.74, 6) is 0. The van der Waals surface area contributed by atoms with Gasteiger partial charge < -0.3 is 5.32 Å². The van der Waals surface area contributed by atoms with E-state index in [1.807, 2.05) is 6.92 Å². The molecule has 0 fully saturated rings. The van der Waals surface area contributed by atoms with Crippen LogP contribution < -0.4 is 10.5 Å². The van der Waals surface area contributed by atoms with Gasteiger partial charge in [-0.3, -0.25) is 0 Å². The molecular formula is C9H13ClN2O2S. The van der Waals surface area contributed by atoms with Gasteiger partial charge in [-0.15, -0.1) is 0 Å². The Hall–Kier alpha value is -0.780. The lowest BCUT2D eigenvalue weighted by Gasteiger charge is -2.09. The standard InChI is InChI=1S/C9H13ClN2O2S/c1-2-5-12-8-4-3-7(10)6-9(8)15(11,13)14/h3-4,6,12H,2,5H2,1H3,(H2,11,13,14). The van der Waals surface area contributed by atoms with Crippen molar-refractivity contribution in [3.05, 3.63) is 23.2 Å². The molecule has 0 spiro atoms. The quantitative estimate of drug-likeness (QED) is 0.854. The molecule has 0 saturated heterocycles. The zero-order valence-corrected chi connectivity index (χ0v) is 9.90. The largest absolute Gasteiger partial charge is 0.384 e. The molecule has 0 bridgehead atoms. The van der Waals surface area contributed by atoms with Crippen LogP contribution in [0.5, 0.6) is 0 Å². The smallest absolute Gasteiger partial charge is 0.240 e. The molecule has 6 heteroatoms. The molecule has 4 nitrogen and oxygen atoms in total. The van der Waals surface area contributed by atoms with Gasteiger partial charge in [-0.25, -0.2) is 13.6 Å². The second kappa shape index (κ2) is 4.83. The van der Waals surface area contributed by atoms with Crippen molar-refractivity contribution in [2.24, 2.45) is 5.14 Å². The van der Waals surface area contributed by atoms with E-state index in [0.717, 1.165) is 6.42 Å². The van der Waals surface area contributed by atoms with E-state index in [0.29, 0.717) is 17.3 Å². The van der Waals surface area contributed by atoms with Gasteiger partial charge in [0.1, 0.15) is 4.90 Å². The van der Waals surface area contributed by atoms with Crippen LogP contribution in [0.3, 0.4) is 0 Å². The molecule has 0 atom stereocenters. The first-order valence-electron chi connectivity index (χ1n) is 4.51. The number of benzene rings is 1. The monoisotopic (exact) mass is 248 g/mol.